The highest BCUT2D eigenvalue weighted by atomic mass is 32.2. The second kappa shape index (κ2) is 7.29. The molecule has 0 saturated carbocycles. The normalized spacial score (nSPS) is 21.8. The lowest BCUT2D eigenvalue weighted by Gasteiger charge is -2.27. The molecule has 0 bridgehead atoms. The van der Waals surface area contributed by atoms with Crippen LogP contribution in [0.25, 0.3) is 0 Å². The summed E-state index contributed by atoms with van der Waals surface area (Å²) in [5.74, 6) is 3.84. The van der Waals surface area contributed by atoms with Gasteiger partial charge in [-0.05, 0) is 43.0 Å². The van der Waals surface area contributed by atoms with Gasteiger partial charge in [-0.15, -0.1) is 0 Å². The van der Waals surface area contributed by atoms with Crippen molar-refractivity contribution in [3.63, 3.8) is 0 Å². The number of thioether (sulfide) groups is 1. The van der Waals surface area contributed by atoms with Gasteiger partial charge in [0.2, 0.25) is 5.89 Å². The third-order valence-corrected chi connectivity index (χ3v) is 4.78. The lowest BCUT2D eigenvalue weighted by atomic mass is 9.85. The fraction of sp³-hybridized carbons (Fsp3) is 0.857. The van der Waals surface area contributed by atoms with Gasteiger partial charge in [0.1, 0.15) is 0 Å². The van der Waals surface area contributed by atoms with E-state index in [1.54, 1.807) is 0 Å². The average molecular weight is 283 g/mol. The van der Waals surface area contributed by atoms with Crippen molar-refractivity contribution in [2.75, 3.05) is 13.1 Å². The highest BCUT2D eigenvalue weighted by Crippen LogP contribution is 2.23. The van der Waals surface area contributed by atoms with Gasteiger partial charge in [-0.3, -0.25) is 0 Å². The molecule has 108 valence electrons. The van der Waals surface area contributed by atoms with Crippen molar-refractivity contribution >= 4 is 11.8 Å². The van der Waals surface area contributed by atoms with Crippen molar-refractivity contribution in [3.05, 3.63) is 11.7 Å². The molecule has 19 heavy (non-hydrogen) atoms. The highest BCUT2D eigenvalue weighted by Gasteiger charge is 2.22. The van der Waals surface area contributed by atoms with Crippen LogP contribution < -0.4 is 5.32 Å². The maximum absolute atomic E-state index is 5.36. The predicted molar refractivity (Wildman–Crippen MR) is 79.2 cm³/mol. The molecular formula is C14H25N3OS. The summed E-state index contributed by atoms with van der Waals surface area (Å²) in [6, 6.07) is 0. The Kier molecular flexibility index (Phi) is 5.70. The summed E-state index contributed by atoms with van der Waals surface area (Å²) in [4.78, 5) is 4.50. The van der Waals surface area contributed by atoms with Crippen LogP contribution in [0.2, 0.25) is 0 Å². The monoisotopic (exact) mass is 283 g/mol. The van der Waals surface area contributed by atoms with Gasteiger partial charge in [-0.25, -0.2) is 0 Å². The van der Waals surface area contributed by atoms with Crippen LogP contribution in [-0.2, 0) is 12.2 Å². The zero-order chi connectivity index (χ0) is 13.7. The van der Waals surface area contributed by atoms with E-state index < -0.39 is 0 Å². The summed E-state index contributed by atoms with van der Waals surface area (Å²) in [5, 5.41) is 8.14. The summed E-state index contributed by atoms with van der Waals surface area (Å²) in [6.45, 7) is 8.96. The molecule has 0 spiro atoms. The van der Waals surface area contributed by atoms with Crippen molar-refractivity contribution in [1.29, 1.82) is 0 Å². The largest absolute Gasteiger partial charge is 0.339 e. The van der Waals surface area contributed by atoms with E-state index in [1.807, 2.05) is 11.8 Å². The Bertz CT molecular complexity index is 375. The van der Waals surface area contributed by atoms with E-state index in [1.165, 1.54) is 19.4 Å². The Balaban J connectivity index is 1.81. The van der Waals surface area contributed by atoms with Crippen LogP contribution in [0, 0.1) is 11.8 Å². The molecule has 2 unspecified atom stereocenters. The van der Waals surface area contributed by atoms with Crippen LogP contribution in [0.4, 0.5) is 0 Å². The lowest BCUT2D eigenvalue weighted by molar-refractivity contribution is 0.256. The molecule has 2 atom stereocenters. The first-order valence-electron chi connectivity index (χ1n) is 7.29. The second-order valence-corrected chi connectivity index (χ2v) is 7.32. The number of rotatable bonds is 6. The van der Waals surface area contributed by atoms with E-state index >= 15 is 0 Å². The van der Waals surface area contributed by atoms with Gasteiger partial charge >= 0.3 is 0 Å². The van der Waals surface area contributed by atoms with Crippen molar-refractivity contribution in [3.8, 4) is 0 Å². The number of aromatic nitrogens is 2. The Labute approximate surface area is 120 Å². The smallest absolute Gasteiger partial charge is 0.226 e. The fourth-order valence-corrected chi connectivity index (χ4v) is 3.08. The summed E-state index contributed by atoms with van der Waals surface area (Å²) < 4.78 is 5.36. The lowest BCUT2D eigenvalue weighted by Crippen LogP contribution is -2.33. The average Bonchev–Trinajstić information content (AvgIpc) is 2.85. The van der Waals surface area contributed by atoms with Crippen molar-refractivity contribution in [2.45, 2.75) is 51.0 Å². The summed E-state index contributed by atoms with van der Waals surface area (Å²) in [5.41, 5.74) is 0. The number of nitrogens with zero attached hydrogens (tertiary/aromatic N) is 2. The van der Waals surface area contributed by atoms with Crippen molar-refractivity contribution < 1.29 is 4.52 Å². The first-order chi connectivity index (χ1) is 9.15. The summed E-state index contributed by atoms with van der Waals surface area (Å²) in [6.07, 6.45) is 3.51. The van der Waals surface area contributed by atoms with Gasteiger partial charge in [-0.2, -0.15) is 16.7 Å². The van der Waals surface area contributed by atoms with E-state index in [2.05, 4.69) is 36.2 Å². The zero-order valence-corrected chi connectivity index (χ0v) is 13.0. The van der Waals surface area contributed by atoms with Gasteiger partial charge in [0.15, 0.2) is 5.82 Å². The van der Waals surface area contributed by atoms with Gasteiger partial charge in [0.25, 0.3) is 0 Å². The van der Waals surface area contributed by atoms with E-state index in [-0.39, 0.29) is 0 Å². The molecule has 1 aromatic heterocycles. The number of piperidine rings is 1. The number of nitrogens with one attached hydrogen (secondary N) is 1. The van der Waals surface area contributed by atoms with Crippen LogP contribution >= 0.6 is 11.8 Å². The standard InChI is InChI=1S/C14H25N3OS/c1-10(2)19-9-13-16-14(18-17-13)7-11(3)12-5-4-6-15-8-12/h10-12,15H,4-9H2,1-3H3. The Morgan fingerprint density at radius 3 is 2.95 bits per heavy atom. The molecule has 0 amide bonds. The van der Waals surface area contributed by atoms with Gasteiger partial charge in [0, 0.05) is 6.42 Å². The quantitative estimate of drug-likeness (QED) is 0.870. The van der Waals surface area contributed by atoms with E-state index in [9.17, 15) is 0 Å². The van der Waals surface area contributed by atoms with Crippen LogP contribution in [0.5, 0.6) is 0 Å². The first-order valence-corrected chi connectivity index (χ1v) is 8.33. The van der Waals surface area contributed by atoms with Crippen LogP contribution in [0.3, 0.4) is 0 Å². The van der Waals surface area contributed by atoms with Gasteiger partial charge < -0.3 is 9.84 Å². The molecule has 1 aliphatic heterocycles. The molecule has 1 saturated heterocycles. The minimum atomic E-state index is 0.606. The van der Waals surface area contributed by atoms with Gasteiger partial charge in [-0.1, -0.05) is 25.9 Å². The zero-order valence-electron chi connectivity index (χ0n) is 12.2. The fourth-order valence-electron chi connectivity index (χ4n) is 2.48. The molecule has 1 aliphatic rings. The maximum atomic E-state index is 5.36. The highest BCUT2D eigenvalue weighted by molar-refractivity contribution is 7.99. The molecule has 4 nitrogen and oxygen atoms in total. The predicted octanol–water partition coefficient (Wildman–Crippen LogP) is 2.89. The van der Waals surface area contributed by atoms with E-state index in [0.717, 1.165) is 36.4 Å². The van der Waals surface area contributed by atoms with Crippen molar-refractivity contribution in [1.82, 2.24) is 15.5 Å². The molecule has 0 radical (unpaired) electrons. The molecule has 2 rings (SSSR count). The van der Waals surface area contributed by atoms with Crippen molar-refractivity contribution in [2.24, 2.45) is 11.8 Å². The summed E-state index contributed by atoms with van der Waals surface area (Å²) in [7, 11) is 0. The minimum absolute atomic E-state index is 0.606. The maximum Gasteiger partial charge on any atom is 0.226 e. The Hall–Kier alpha value is -0.550. The Morgan fingerprint density at radius 1 is 1.42 bits per heavy atom. The summed E-state index contributed by atoms with van der Waals surface area (Å²) >= 11 is 1.85. The number of hydrogen-bond acceptors (Lipinski definition) is 5. The Morgan fingerprint density at radius 2 is 2.26 bits per heavy atom. The SMILES string of the molecule is CC(C)SCc1noc(CC(C)C2CCCNC2)n1. The molecule has 5 heteroatoms. The molecule has 1 aromatic rings. The molecule has 1 fully saturated rings. The minimum Gasteiger partial charge on any atom is -0.339 e. The van der Waals surface area contributed by atoms with Crippen LogP contribution in [0.15, 0.2) is 4.52 Å². The van der Waals surface area contributed by atoms with Crippen LogP contribution in [0.1, 0.15) is 45.3 Å². The third kappa shape index (κ3) is 4.80. The molecular weight excluding hydrogens is 258 g/mol. The van der Waals surface area contributed by atoms with Crippen LogP contribution in [-0.4, -0.2) is 28.5 Å². The molecule has 0 aliphatic carbocycles. The molecule has 1 N–H and O–H groups in total. The third-order valence-electron chi connectivity index (χ3n) is 3.69. The van der Waals surface area contributed by atoms with E-state index in [0.29, 0.717) is 11.2 Å². The van der Waals surface area contributed by atoms with Gasteiger partial charge in [0.05, 0.1) is 5.75 Å². The molecule has 0 aromatic carbocycles. The van der Waals surface area contributed by atoms with E-state index in [4.69, 9.17) is 4.52 Å². The second-order valence-electron chi connectivity index (χ2n) is 5.75. The first kappa shape index (κ1) is 14.9. The number of hydrogen-bond donors (Lipinski definition) is 1. The topological polar surface area (TPSA) is 51.0 Å². The molecule has 2 heterocycles.